The highest BCUT2D eigenvalue weighted by Gasteiger charge is 2.20. The van der Waals surface area contributed by atoms with Crippen molar-refractivity contribution in [1.29, 1.82) is 0 Å². The van der Waals surface area contributed by atoms with E-state index in [0.29, 0.717) is 12.3 Å². The number of rotatable bonds is 11. The van der Waals surface area contributed by atoms with Crippen molar-refractivity contribution in [1.82, 2.24) is 16.0 Å². The molecular weight excluding hydrogens is 362 g/mol. The number of phenols is 1. The molecule has 0 bridgehead atoms. The largest absolute Gasteiger partial charge is 0.508 e. The van der Waals surface area contributed by atoms with E-state index in [1.54, 1.807) is 0 Å². The number of aliphatic hydroxyl groups excluding tert-OH is 1. The number of urea groups is 1. The van der Waals surface area contributed by atoms with Crippen molar-refractivity contribution in [2.45, 2.75) is 6.10 Å². The third kappa shape index (κ3) is 9.87. The molecule has 1 unspecified atom stereocenters. The molecule has 27 heavy (non-hydrogen) atoms. The van der Waals surface area contributed by atoms with Crippen LogP contribution in [0.15, 0.2) is 24.3 Å². The molecule has 6 N–H and O–H groups in total. The van der Waals surface area contributed by atoms with E-state index in [0.717, 1.165) is 0 Å². The van der Waals surface area contributed by atoms with Gasteiger partial charge in [0.05, 0.1) is 6.61 Å². The van der Waals surface area contributed by atoms with Gasteiger partial charge in [0.15, 0.2) is 0 Å². The number of aliphatic carboxylic acids is 1. The van der Waals surface area contributed by atoms with Crippen LogP contribution in [0.4, 0.5) is 4.79 Å². The van der Waals surface area contributed by atoms with Gasteiger partial charge in [-0.2, -0.15) is 0 Å². The minimum Gasteiger partial charge on any atom is -0.508 e. The SMILES string of the molecule is O=C(NCCO)NCCNCC(COc1ccc(O)cc1)OC(=O)C(=O)O. The molecule has 0 radical (unpaired) electrons. The van der Waals surface area contributed by atoms with Crippen molar-refractivity contribution in [3.05, 3.63) is 24.3 Å². The van der Waals surface area contributed by atoms with E-state index in [4.69, 9.17) is 19.7 Å². The van der Waals surface area contributed by atoms with Crippen LogP contribution >= 0.6 is 0 Å². The molecule has 1 aromatic carbocycles. The number of carboxylic acid groups (broad SMARTS) is 1. The van der Waals surface area contributed by atoms with Crippen LogP contribution in [0.2, 0.25) is 0 Å². The predicted octanol–water partition coefficient (Wildman–Crippen LogP) is -1.35. The van der Waals surface area contributed by atoms with Crippen molar-refractivity contribution in [3.8, 4) is 11.5 Å². The third-order valence-corrected chi connectivity index (χ3v) is 3.08. The van der Waals surface area contributed by atoms with Gasteiger partial charge in [0.2, 0.25) is 0 Å². The lowest BCUT2D eigenvalue weighted by Gasteiger charge is -2.18. The van der Waals surface area contributed by atoms with Crippen LogP contribution in [0.1, 0.15) is 0 Å². The van der Waals surface area contributed by atoms with Crippen LogP contribution < -0.4 is 20.7 Å². The van der Waals surface area contributed by atoms with Gasteiger partial charge in [-0.1, -0.05) is 0 Å². The molecule has 0 aromatic heterocycles. The van der Waals surface area contributed by atoms with Crippen molar-refractivity contribution < 1.29 is 39.2 Å². The lowest BCUT2D eigenvalue weighted by Crippen LogP contribution is -2.42. The number of hydrogen-bond donors (Lipinski definition) is 6. The average molecular weight is 385 g/mol. The molecule has 0 fully saturated rings. The van der Waals surface area contributed by atoms with Gasteiger partial charge in [0.25, 0.3) is 0 Å². The quantitative estimate of drug-likeness (QED) is 0.153. The van der Waals surface area contributed by atoms with Gasteiger partial charge < -0.3 is 40.7 Å². The number of amides is 2. The van der Waals surface area contributed by atoms with Gasteiger partial charge in [0.1, 0.15) is 24.2 Å². The Bertz CT molecular complexity index is 608. The van der Waals surface area contributed by atoms with Gasteiger partial charge in [0, 0.05) is 26.2 Å². The van der Waals surface area contributed by atoms with Gasteiger partial charge >= 0.3 is 18.0 Å². The summed E-state index contributed by atoms with van der Waals surface area (Å²) in [5.41, 5.74) is 0. The monoisotopic (exact) mass is 385 g/mol. The number of ether oxygens (including phenoxy) is 2. The summed E-state index contributed by atoms with van der Waals surface area (Å²) in [5, 5.41) is 34.3. The number of hydrogen-bond acceptors (Lipinski definition) is 8. The van der Waals surface area contributed by atoms with Gasteiger partial charge in [-0.3, -0.25) is 0 Å². The molecule has 1 atom stereocenters. The number of phenolic OH excluding ortho intramolecular Hbond substituents is 1. The van der Waals surface area contributed by atoms with Gasteiger partial charge in [-0.25, -0.2) is 14.4 Å². The summed E-state index contributed by atoms with van der Waals surface area (Å²) in [6.07, 6.45) is -0.884. The molecule has 0 spiro atoms. The van der Waals surface area contributed by atoms with Crippen molar-refractivity contribution in [2.24, 2.45) is 0 Å². The number of benzene rings is 1. The maximum Gasteiger partial charge on any atom is 0.417 e. The molecule has 150 valence electrons. The maximum absolute atomic E-state index is 11.3. The number of aliphatic hydroxyl groups is 1. The first-order valence-corrected chi connectivity index (χ1v) is 8.11. The second-order valence-corrected chi connectivity index (χ2v) is 5.25. The summed E-state index contributed by atoms with van der Waals surface area (Å²) in [7, 11) is 0. The minimum absolute atomic E-state index is 0.0633. The van der Waals surface area contributed by atoms with E-state index in [9.17, 15) is 19.5 Å². The second kappa shape index (κ2) is 12.3. The minimum atomic E-state index is -1.72. The van der Waals surface area contributed by atoms with Crippen LogP contribution in [0, 0.1) is 0 Å². The molecule has 0 aliphatic heterocycles. The molecule has 11 nitrogen and oxygen atoms in total. The molecule has 0 aliphatic rings. The van der Waals surface area contributed by atoms with Crippen LogP contribution in [0.3, 0.4) is 0 Å². The number of carbonyl (C=O) groups is 3. The number of aromatic hydroxyl groups is 1. The van der Waals surface area contributed by atoms with Crippen molar-refractivity contribution in [3.63, 3.8) is 0 Å². The zero-order chi connectivity index (χ0) is 20.1. The van der Waals surface area contributed by atoms with E-state index in [1.165, 1.54) is 24.3 Å². The summed E-state index contributed by atoms with van der Waals surface area (Å²) < 4.78 is 10.3. The van der Waals surface area contributed by atoms with Crippen LogP contribution in [-0.4, -0.2) is 78.8 Å². The Morgan fingerprint density at radius 2 is 1.70 bits per heavy atom. The first-order chi connectivity index (χ1) is 12.9. The Morgan fingerprint density at radius 1 is 1.04 bits per heavy atom. The topological polar surface area (TPSA) is 166 Å². The Labute approximate surface area is 155 Å². The fourth-order valence-electron chi connectivity index (χ4n) is 1.83. The maximum atomic E-state index is 11.3. The fourth-order valence-corrected chi connectivity index (χ4v) is 1.83. The number of esters is 1. The van der Waals surface area contributed by atoms with Crippen LogP contribution in [-0.2, 0) is 14.3 Å². The van der Waals surface area contributed by atoms with Gasteiger partial charge in [-0.15, -0.1) is 0 Å². The number of carboxylic acids is 1. The molecule has 11 heteroatoms. The highest BCUT2D eigenvalue weighted by atomic mass is 16.6. The number of carbonyl (C=O) groups excluding carboxylic acids is 2. The average Bonchev–Trinajstić information content (AvgIpc) is 2.64. The van der Waals surface area contributed by atoms with Crippen molar-refractivity contribution >= 4 is 18.0 Å². The first kappa shape index (κ1) is 22.0. The normalized spacial score (nSPS) is 11.3. The molecule has 0 aliphatic carbocycles. The fraction of sp³-hybridized carbons (Fsp3) is 0.438. The molecule has 2 amide bonds. The molecule has 1 rings (SSSR count). The van der Waals surface area contributed by atoms with Crippen LogP contribution in [0.5, 0.6) is 11.5 Å². The molecule has 1 aromatic rings. The van der Waals surface area contributed by atoms with E-state index in [-0.39, 0.29) is 38.6 Å². The highest BCUT2D eigenvalue weighted by Crippen LogP contribution is 2.16. The van der Waals surface area contributed by atoms with Crippen LogP contribution in [0.25, 0.3) is 0 Å². The number of nitrogens with one attached hydrogen (secondary N) is 3. The van der Waals surface area contributed by atoms with E-state index < -0.39 is 24.1 Å². The molecule has 0 saturated heterocycles. The zero-order valence-electron chi connectivity index (χ0n) is 14.5. The van der Waals surface area contributed by atoms with E-state index in [2.05, 4.69) is 16.0 Å². The van der Waals surface area contributed by atoms with Gasteiger partial charge in [-0.05, 0) is 24.3 Å². The lowest BCUT2D eigenvalue weighted by molar-refractivity contribution is -0.168. The Balaban J connectivity index is 2.39. The summed E-state index contributed by atoms with van der Waals surface area (Å²) in [6.45, 7) is 0.547. The Kier molecular flexibility index (Phi) is 10.0. The summed E-state index contributed by atoms with van der Waals surface area (Å²) >= 11 is 0. The van der Waals surface area contributed by atoms with Crippen molar-refractivity contribution in [2.75, 3.05) is 39.4 Å². The Morgan fingerprint density at radius 3 is 2.33 bits per heavy atom. The molecular formula is C16H23N3O8. The Hall–Kier alpha value is -3.05. The summed E-state index contributed by atoms with van der Waals surface area (Å²) in [4.78, 5) is 33.2. The standard InChI is InChI=1S/C16H23N3O8/c20-8-7-19-16(25)18-6-5-17-9-13(27-15(24)14(22)23)10-26-12-3-1-11(21)2-4-12/h1-4,13,17,20-21H,5-10H2,(H,22,23)(H2,18,19,25). The van der Waals surface area contributed by atoms with E-state index >= 15 is 0 Å². The van der Waals surface area contributed by atoms with E-state index in [1.807, 2.05) is 0 Å². The summed E-state index contributed by atoms with van der Waals surface area (Å²) in [6, 6.07) is 5.41. The lowest BCUT2D eigenvalue weighted by atomic mass is 10.3. The third-order valence-electron chi connectivity index (χ3n) is 3.08. The summed E-state index contributed by atoms with van der Waals surface area (Å²) in [5.74, 6) is -2.65. The molecule has 0 saturated carbocycles. The predicted molar refractivity (Wildman–Crippen MR) is 92.5 cm³/mol. The smallest absolute Gasteiger partial charge is 0.417 e. The zero-order valence-corrected chi connectivity index (χ0v) is 14.5. The first-order valence-electron chi connectivity index (χ1n) is 8.11. The highest BCUT2D eigenvalue weighted by molar-refractivity contribution is 6.28. The second-order valence-electron chi connectivity index (χ2n) is 5.25. The molecule has 0 heterocycles.